The van der Waals surface area contributed by atoms with Crippen molar-refractivity contribution in [3.05, 3.63) is 22.3 Å². The van der Waals surface area contributed by atoms with Crippen LogP contribution in [0.3, 0.4) is 0 Å². The molecule has 1 N–H and O–H groups in total. The molecule has 0 spiro atoms. The maximum atomic E-state index is 12.5. The minimum atomic E-state index is -4.24. The number of methoxy groups -OCH3 is 1. The zero-order valence-corrected chi connectivity index (χ0v) is 15.9. The summed E-state index contributed by atoms with van der Waals surface area (Å²) in [6.07, 6.45) is 1.18. The molecule has 0 aliphatic carbocycles. The molecule has 0 aliphatic rings. The van der Waals surface area contributed by atoms with Crippen LogP contribution >= 0.6 is 0 Å². The maximum Gasteiger partial charge on any atom is 0.339 e. The smallest absolute Gasteiger partial charge is 0.339 e. The second kappa shape index (κ2) is 8.62. The largest absolute Gasteiger partial charge is 0.465 e. The zero-order valence-electron chi connectivity index (χ0n) is 15.1. The number of hydrogen-bond donors (Lipinski definition) is 1. The molecule has 0 saturated heterocycles. The number of esters is 2. The Kier molecular flexibility index (Phi) is 7.37. The van der Waals surface area contributed by atoms with Gasteiger partial charge < -0.3 is 9.47 Å². The van der Waals surface area contributed by atoms with Crippen LogP contribution < -0.4 is 10.9 Å². The molecule has 0 atom stereocenters. The van der Waals surface area contributed by atoms with E-state index in [4.69, 9.17) is 14.0 Å². The Balaban J connectivity index is 3.50. The van der Waals surface area contributed by atoms with E-state index in [1.54, 1.807) is 7.85 Å². The summed E-state index contributed by atoms with van der Waals surface area (Å²) >= 11 is 0. The van der Waals surface area contributed by atoms with Crippen LogP contribution in [0.4, 0.5) is 0 Å². The van der Waals surface area contributed by atoms with Crippen molar-refractivity contribution in [2.75, 3.05) is 19.5 Å². The van der Waals surface area contributed by atoms with E-state index in [2.05, 4.69) is 0 Å². The lowest BCUT2D eigenvalue weighted by atomic mass is 9.68. The molecule has 0 bridgehead atoms. The van der Waals surface area contributed by atoms with Gasteiger partial charge in [-0.05, 0) is 5.56 Å². The van der Waals surface area contributed by atoms with E-state index in [1.165, 1.54) is 7.11 Å². The van der Waals surface area contributed by atoms with Crippen molar-refractivity contribution in [1.82, 2.24) is 0 Å². The number of carbonyl (C=O) groups excluding carboxylic acids is 2. The fraction of sp³-hybridized carbons (Fsp3) is 0.385. The number of rotatable bonds is 7. The molecule has 1 aromatic carbocycles. The SMILES string of the molecule is BCc1c(B)c(CB)c(C(=O)OCCS(=O)(=O)O)c(C(=O)OC)c1B. The topological polar surface area (TPSA) is 107 Å². The highest BCUT2D eigenvalue weighted by Gasteiger charge is 2.28. The van der Waals surface area contributed by atoms with Gasteiger partial charge in [0.1, 0.15) is 43.7 Å². The van der Waals surface area contributed by atoms with Crippen LogP contribution in [0.25, 0.3) is 0 Å². The number of benzene rings is 1. The van der Waals surface area contributed by atoms with Crippen LogP contribution in [-0.4, -0.2) is 75.8 Å². The van der Waals surface area contributed by atoms with E-state index in [-0.39, 0.29) is 11.1 Å². The summed E-state index contributed by atoms with van der Waals surface area (Å²) in [4.78, 5) is 24.8. The first-order chi connectivity index (χ1) is 11.6. The highest BCUT2D eigenvalue weighted by Crippen LogP contribution is 2.17. The molecule has 0 saturated carbocycles. The van der Waals surface area contributed by atoms with E-state index in [0.717, 1.165) is 11.0 Å². The van der Waals surface area contributed by atoms with Gasteiger partial charge in [-0.2, -0.15) is 8.42 Å². The predicted molar refractivity (Wildman–Crippen MR) is 105 cm³/mol. The van der Waals surface area contributed by atoms with E-state index >= 15 is 0 Å². The van der Waals surface area contributed by atoms with Crippen LogP contribution in [0.1, 0.15) is 31.8 Å². The molecule has 25 heavy (non-hydrogen) atoms. The zero-order chi connectivity index (χ0) is 19.4. The lowest BCUT2D eigenvalue weighted by Gasteiger charge is -2.21. The molecular weight excluding hydrogens is 343 g/mol. The van der Waals surface area contributed by atoms with Gasteiger partial charge in [-0.15, -0.1) is 0 Å². The summed E-state index contributed by atoms with van der Waals surface area (Å²) in [5, 5.41) is 0. The van der Waals surface area contributed by atoms with Crippen molar-refractivity contribution in [2.24, 2.45) is 0 Å². The first-order valence-corrected chi connectivity index (χ1v) is 9.55. The predicted octanol–water partition coefficient (Wildman–Crippen LogP) is -4.70. The lowest BCUT2D eigenvalue weighted by Crippen LogP contribution is -2.36. The lowest BCUT2D eigenvalue weighted by molar-refractivity contribution is 0.0505. The van der Waals surface area contributed by atoms with Gasteiger partial charge in [0, 0.05) is 0 Å². The molecule has 1 rings (SSSR count). The first kappa shape index (κ1) is 21.4. The van der Waals surface area contributed by atoms with Gasteiger partial charge in [-0.25, -0.2) is 9.59 Å². The summed E-state index contributed by atoms with van der Waals surface area (Å²) in [7, 11) is 4.41. The third-order valence-corrected chi connectivity index (χ3v) is 4.84. The molecule has 132 valence electrons. The molecule has 12 heteroatoms. The van der Waals surface area contributed by atoms with Gasteiger partial charge in [-0.3, -0.25) is 4.55 Å². The third kappa shape index (κ3) is 4.92. The van der Waals surface area contributed by atoms with Crippen LogP contribution in [-0.2, 0) is 32.2 Å². The van der Waals surface area contributed by atoms with Gasteiger partial charge in [0.05, 0.1) is 18.2 Å². The van der Waals surface area contributed by atoms with Gasteiger partial charge in [0.15, 0.2) is 0 Å². The summed E-state index contributed by atoms with van der Waals surface area (Å²) in [6.45, 7) is -0.505. The molecular formula is C13H20B4O7S. The molecule has 0 heterocycles. The Hall–Kier alpha value is -1.67. The van der Waals surface area contributed by atoms with E-state index in [9.17, 15) is 18.0 Å². The monoisotopic (exact) mass is 364 g/mol. The Morgan fingerprint density at radius 1 is 1.00 bits per heavy atom. The molecule has 0 unspecified atom stereocenters. The average Bonchev–Trinajstić information content (AvgIpc) is 2.52. The first-order valence-electron chi connectivity index (χ1n) is 7.94. The molecule has 0 amide bonds. The highest BCUT2D eigenvalue weighted by molar-refractivity contribution is 7.85. The molecule has 0 radical (unpaired) electrons. The van der Waals surface area contributed by atoms with Crippen molar-refractivity contribution in [1.29, 1.82) is 0 Å². The van der Waals surface area contributed by atoms with E-state index in [0.29, 0.717) is 23.7 Å². The molecule has 0 fully saturated rings. The maximum absolute atomic E-state index is 12.5. The van der Waals surface area contributed by atoms with Crippen LogP contribution in [0.15, 0.2) is 0 Å². The van der Waals surface area contributed by atoms with Crippen molar-refractivity contribution >= 4 is 64.4 Å². The van der Waals surface area contributed by atoms with Gasteiger partial charge in [0.25, 0.3) is 10.1 Å². The highest BCUT2D eigenvalue weighted by atomic mass is 32.2. The van der Waals surface area contributed by atoms with Gasteiger partial charge in [-0.1, -0.05) is 29.1 Å². The Bertz CT molecular complexity index is 792. The van der Waals surface area contributed by atoms with Crippen molar-refractivity contribution < 1.29 is 32.0 Å². The van der Waals surface area contributed by atoms with Crippen LogP contribution in [0, 0.1) is 0 Å². The quantitative estimate of drug-likeness (QED) is 0.295. The molecule has 0 aliphatic heterocycles. The summed E-state index contributed by atoms with van der Waals surface area (Å²) in [6, 6.07) is 0. The normalized spacial score (nSPS) is 11.1. The summed E-state index contributed by atoms with van der Waals surface area (Å²) in [5.74, 6) is -2.17. The van der Waals surface area contributed by atoms with Gasteiger partial charge in [0.2, 0.25) is 0 Å². The summed E-state index contributed by atoms with van der Waals surface area (Å²) in [5.41, 5.74) is 3.41. The minimum absolute atomic E-state index is 0.0943. The molecule has 7 nitrogen and oxygen atoms in total. The average molecular weight is 364 g/mol. The van der Waals surface area contributed by atoms with Crippen molar-refractivity contribution in [3.8, 4) is 0 Å². The second-order valence-corrected chi connectivity index (χ2v) is 7.15. The fourth-order valence-corrected chi connectivity index (χ4v) is 3.30. The van der Waals surface area contributed by atoms with Crippen molar-refractivity contribution in [3.63, 3.8) is 0 Å². The standard InChI is InChI=1S/C13H20B4O7S/c1-23-12(18)9-8(13(19)24-2-3-25(20,21)22)6(4-14)10(16)7(5-15)11(9)17/h2-5,14-17H2,1H3,(H,20,21,22). The fourth-order valence-electron chi connectivity index (χ4n) is 3.01. The number of carbonyl (C=O) groups is 2. The van der Waals surface area contributed by atoms with Crippen LogP contribution in [0.2, 0.25) is 0 Å². The number of ether oxygens (including phenoxy) is 2. The van der Waals surface area contributed by atoms with E-state index in [1.807, 2.05) is 23.5 Å². The molecule has 0 aromatic heterocycles. The Morgan fingerprint density at radius 3 is 2.00 bits per heavy atom. The van der Waals surface area contributed by atoms with Crippen molar-refractivity contribution in [2.45, 2.75) is 12.6 Å². The second-order valence-electron chi connectivity index (χ2n) is 5.58. The van der Waals surface area contributed by atoms with Crippen LogP contribution in [0.5, 0.6) is 0 Å². The van der Waals surface area contributed by atoms with Gasteiger partial charge >= 0.3 is 11.9 Å². The number of hydrogen-bond acceptors (Lipinski definition) is 6. The Morgan fingerprint density at radius 2 is 1.56 bits per heavy atom. The Labute approximate surface area is 151 Å². The third-order valence-electron chi connectivity index (χ3n) is 4.16. The summed E-state index contributed by atoms with van der Waals surface area (Å²) < 4.78 is 40.1. The minimum Gasteiger partial charge on any atom is -0.465 e. The molecule has 1 aromatic rings. The van der Waals surface area contributed by atoms with E-state index < -0.39 is 34.4 Å².